The maximum atomic E-state index is 12.1. The summed E-state index contributed by atoms with van der Waals surface area (Å²) in [7, 11) is 1.65. The first-order valence-electron chi connectivity index (χ1n) is 9.39. The van der Waals surface area contributed by atoms with Gasteiger partial charge in [-0.1, -0.05) is 6.42 Å². The molecular weight excluding hydrogens is 318 g/mol. The Morgan fingerprint density at radius 3 is 2.84 bits per heavy atom. The fourth-order valence-electron chi connectivity index (χ4n) is 3.66. The first kappa shape index (κ1) is 17.9. The lowest BCUT2D eigenvalue weighted by atomic mass is 10.1. The molecule has 0 aromatic carbocycles. The van der Waals surface area contributed by atoms with Gasteiger partial charge in [-0.2, -0.15) is 5.10 Å². The Labute approximate surface area is 149 Å². The molecule has 3 heterocycles. The van der Waals surface area contributed by atoms with Crippen LogP contribution in [-0.4, -0.2) is 59.9 Å². The molecule has 138 valence electrons. The van der Waals surface area contributed by atoms with Crippen molar-refractivity contribution in [2.75, 3.05) is 44.2 Å². The van der Waals surface area contributed by atoms with Crippen molar-refractivity contribution in [2.45, 2.75) is 32.1 Å². The predicted octanol–water partition coefficient (Wildman–Crippen LogP) is 0.599. The van der Waals surface area contributed by atoms with Gasteiger partial charge < -0.3 is 15.1 Å². The summed E-state index contributed by atoms with van der Waals surface area (Å²) in [5.41, 5.74) is 0.786. The number of rotatable bonds is 6. The van der Waals surface area contributed by atoms with E-state index >= 15 is 0 Å². The van der Waals surface area contributed by atoms with E-state index in [0.29, 0.717) is 18.9 Å². The van der Waals surface area contributed by atoms with E-state index in [2.05, 4.69) is 20.2 Å². The van der Waals surface area contributed by atoms with Gasteiger partial charge in [0.2, 0.25) is 5.91 Å². The molecule has 7 nitrogen and oxygen atoms in total. The summed E-state index contributed by atoms with van der Waals surface area (Å²) in [6, 6.07) is 1.63. The molecular formula is C18H29N5O2. The van der Waals surface area contributed by atoms with Gasteiger partial charge in [-0.25, -0.2) is 4.68 Å². The smallest absolute Gasteiger partial charge is 0.268 e. The van der Waals surface area contributed by atoms with Crippen LogP contribution in [0.25, 0.3) is 0 Å². The van der Waals surface area contributed by atoms with E-state index in [1.165, 1.54) is 23.9 Å². The minimum Gasteiger partial charge on any atom is -0.370 e. The molecule has 0 aliphatic carbocycles. The minimum atomic E-state index is -0.0908. The summed E-state index contributed by atoms with van der Waals surface area (Å²) < 4.78 is 1.33. The molecule has 1 N–H and O–H groups in total. The summed E-state index contributed by atoms with van der Waals surface area (Å²) >= 11 is 0. The standard InChI is InChI=1S/C18H29N5O2/c1-21-18(25)11-16(13-20-21)23-10-5-15(14-23)12-19-17(24)6-9-22-7-3-2-4-8-22/h11,13,15H,2-10,12,14H2,1H3,(H,19,24). The molecule has 2 fully saturated rings. The second-order valence-electron chi connectivity index (χ2n) is 7.23. The van der Waals surface area contributed by atoms with E-state index in [-0.39, 0.29) is 11.5 Å². The molecule has 1 aromatic rings. The van der Waals surface area contributed by atoms with E-state index in [4.69, 9.17) is 0 Å². The fourth-order valence-corrected chi connectivity index (χ4v) is 3.66. The van der Waals surface area contributed by atoms with Crippen LogP contribution in [0.5, 0.6) is 0 Å². The lowest BCUT2D eigenvalue weighted by Crippen LogP contribution is -2.36. The van der Waals surface area contributed by atoms with Crippen molar-refractivity contribution in [3.8, 4) is 0 Å². The van der Waals surface area contributed by atoms with Crippen LogP contribution in [0, 0.1) is 5.92 Å². The summed E-state index contributed by atoms with van der Waals surface area (Å²) in [4.78, 5) is 28.4. The van der Waals surface area contributed by atoms with Gasteiger partial charge in [-0.3, -0.25) is 9.59 Å². The van der Waals surface area contributed by atoms with Crippen LogP contribution in [-0.2, 0) is 11.8 Å². The highest BCUT2D eigenvalue weighted by atomic mass is 16.1. The summed E-state index contributed by atoms with van der Waals surface area (Å²) in [6.45, 7) is 5.63. The van der Waals surface area contributed by atoms with Gasteiger partial charge in [0.1, 0.15) is 0 Å². The van der Waals surface area contributed by atoms with E-state index in [1.54, 1.807) is 19.3 Å². The Hall–Kier alpha value is -1.89. The van der Waals surface area contributed by atoms with Crippen LogP contribution in [0.4, 0.5) is 5.69 Å². The van der Waals surface area contributed by atoms with Gasteiger partial charge in [0.15, 0.2) is 0 Å². The Morgan fingerprint density at radius 1 is 1.28 bits per heavy atom. The Balaban J connectivity index is 1.38. The highest BCUT2D eigenvalue weighted by Gasteiger charge is 2.23. The summed E-state index contributed by atoms with van der Waals surface area (Å²) in [5.74, 6) is 0.585. The molecule has 25 heavy (non-hydrogen) atoms. The Bertz CT molecular complexity index is 639. The average Bonchev–Trinajstić information content (AvgIpc) is 3.10. The lowest BCUT2D eigenvalue weighted by molar-refractivity contribution is -0.121. The van der Waals surface area contributed by atoms with Gasteiger partial charge in [0.05, 0.1) is 11.9 Å². The van der Waals surface area contributed by atoms with Crippen molar-refractivity contribution in [1.82, 2.24) is 20.0 Å². The largest absolute Gasteiger partial charge is 0.370 e. The molecule has 0 spiro atoms. The normalized spacial score (nSPS) is 21.5. The maximum Gasteiger partial charge on any atom is 0.268 e. The van der Waals surface area contributed by atoms with E-state index in [1.807, 2.05) is 0 Å². The first-order valence-corrected chi connectivity index (χ1v) is 9.39. The summed E-state index contributed by atoms with van der Waals surface area (Å²) in [5, 5.41) is 7.16. The van der Waals surface area contributed by atoms with E-state index in [0.717, 1.165) is 44.8 Å². The second-order valence-corrected chi connectivity index (χ2v) is 7.23. The maximum absolute atomic E-state index is 12.1. The number of aromatic nitrogens is 2. The number of carbonyl (C=O) groups excluding carboxylic acids is 1. The number of anilines is 1. The van der Waals surface area contributed by atoms with Crippen molar-refractivity contribution >= 4 is 11.6 Å². The first-order chi connectivity index (χ1) is 12.1. The van der Waals surface area contributed by atoms with E-state index in [9.17, 15) is 9.59 Å². The van der Waals surface area contributed by atoms with Crippen molar-refractivity contribution in [2.24, 2.45) is 13.0 Å². The number of nitrogens with zero attached hydrogens (tertiary/aromatic N) is 4. The van der Waals surface area contributed by atoms with Gasteiger partial charge in [-0.15, -0.1) is 0 Å². The number of nitrogens with one attached hydrogen (secondary N) is 1. The number of likely N-dealkylation sites (tertiary alicyclic amines) is 1. The molecule has 2 saturated heterocycles. The van der Waals surface area contributed by atoms with Crippen molar-refractivity contribution in [1.29, 1.82) is 0 Å². The molecule has 0 radical (unpaired) electrons. The zero-order chi connectivity index (χ0) is 17.6. The number of aryl methyl sites for hydroxylation is 1. The lowest BCUT2D eigenvalue weighted by Gasteiger charge is -2.26. The zero-order valence-electron chi connectivity index (χ0n) is 15.1. The third-order valence-electron chi connectivity index (χ3n) is 5.30. The highest BCUT2D eigenvalue weighted by molar-refractivity contribution is 5.76. The van der Waals surface area contributed by atoms with Crippen molar-refractivity contribution in [3.63, 3.8) is 0 Å². The van der Waals surface area contributed by atoms with Gasteiger partial charge in [-0.05, 0) is 38.3 Å². The van der Waals surface area contributed by atoms with Crippen molar-refractivity contribution < 1.29 is 4.79 Å². The molecule has 1 unspecified atom stereocenters. The molecule has 3 rings (SSSR count). The number of hydrogen-bond acceptors (Lipinski definition) is 5. The molecule has 0 saturated carbocycles. The molecule has 1 aromatic heterocycles. The number of carbonyl (C=O) groups is 1. The Kier molecular flexibility index (Phi) is 6.07. The number of piperidine rings is 1. The molecule has 1 amide bonds. The topological polar surface area (TPSA) is 70.5 Å². The van der Waals surface area contributed by atoms with Gasteiger partial charge in [0, 0.05) is 45.7 Å². The molecule has 0 bridgehead atoms. The molecule has 1 atom stereocenters. The zero-order valence-corrected chi connectivity index (χ0v) is 15.1. The predicted molar refractivity (Wildman–Crippen MR) is 97.7 cm³/mol. The van der Waals surface area contributed by atoms with Crippen LogP contribution in [0.3, 0.4) is 0 Å². The fraction of sp³-hybridized carbons (Fsp3) is 0.722. The number of amides is 1. The van der Waals surface area contributed by atoms with Crippen LogP contribution < -0.4 is 15.8 Å². The van der Waals surface area contributed by atoms with Crippen molar-refractivity contribution in [3.05, 3.63) is 22.6 Å². The SMILES string of the molecule is Cn1ncc(N2CCC(CNC(=O)CCN3CCCCC3)C2)cc1=O. The summed E-state index contributed by atoms with van der Waals surface area (Å²) in [6.07, 6.45) is 7.20. The van der Waals surface area contributed by atoms with Crippen LogP contribution in [0.2, 0.25) is 0 Å². The van der Waals surface area contributed by atoms with Crippen LogP contribution >= 0.6 is 0 Å². The molecule has 2 aliphatic heterocycles. The van der Waals surface area contributed by atoms with Gasteiger partial charge in [0.25, 0.3) is 5.56 Å². The Morgan fingerprint density at radius 2 is 2.08 bits per heavy atom. The minimum absolute atomic E-state index is 0.0908. The average molecular weight is 347 g/mol. The van der Waals surface area contributed by atoms with Crippen LogP contribution in [0.1, 0.15) is 32.1 Å². The third-order valence-corrected chi connectivity index (χ3v) is 5.30. The molecule has 2 aliphatic rings. The quantitative estimate of drug-likeness (QED) is 0.816. The van der Waals surface area contributed by atoms with E-state index < -0.39 is 0 Å². The third kappa shape index (κ3) is 5.04. The second kappa shape index (κ2) is 8.47. The highest BCUT2D eigenvalue weighted by Crippen LogP contribution is 2.21. The molecule has 7 heteroatoms. The monoisotopic (exact) mass is 347 g/mol. The van der Waals surface area contributed by atoms with Gasteiger partial charge >= 0.3 is 0 Å². The number of hydrogen-bond donors (Lipinski definition) is 1. The van der Waals surface area contributed by atoms with Crippen LogP contribution in [0.15, 0.2) is 17.1 Å².